The van der Waals surface area contributed by atoms with Crippen molar-refractivity contribution in [2.24, 2.45) is 0 Å². The molecule has 0 saturated heterocycles. The van der Waals surface area contributed by atoms with Gasteiger partial charge in [-0.15, -0.1) is 0 Å². The monoisotopic (exact) mass is 575 g/mol. The van der Waals surface area contributed by atoms with E-state index in [0.717, 1.165) is 42.2 Å². The summed E-state index contributed by atoms with van der Waals surface area (Å²) in [6.07, 6.45) is 7.56. The quantitative estimate of drug-likeness (QED) is 0.213. The molecule has 2 aromatic heterocycles. The molecule has 41 heavy (non-hydrogen) atoms. The zero-order chi connectivity index (χ0) is 29.1. The minimum Gasteiger partial charge on any atom is -0.480 e. The van der Waals surface area contributed by atoms with Crippen LogP contribution in [0.5, 0.6) is 11.9 Å². The molecule has 4 aromatic rings. The number of fused-ring (bicyclic) bond motifs is 1. The maximum atomic E-state index is 13.4. The van der Waals surface area contributed by atoms with Crippen LogP contribution in [0, 0.1) is 0 Å². The van der Waals surface area contributed by atoms with Gasteiger partial charge in [0, 0.05) is 29.5 Å². The summed E-state index contributed by atoms with van der Waals surface area (Å²) in [6.45, 7) is 3.83. The number of methoxy groups -OCH3 is 2. The molecule has 1 saturated carbocycles. The van der Waals surface area contributed by atoms with Gasteiger partial charge in [-0.3, -0.25) is 4.98 Å². The third-order valence-corrected chi connectivity index (χ3v) is 8.49. The predicted octanol–water partition coefficient (Wildman–Crippen LogP) is 5.83. The highest BCUT2D eigenvalue weighted by molar-refractivity contribution is 7.83. The fourth-order valence-corrected chi connectivity index (χ4v) is 6.23. The zero-order valence-corrected chi connectivity index (χ0v) is 24.2. The molecule has 1 aliphatic rings. The highest BCUT2D eigenvalue weighted by Crippen LogP contribution is 2.39. The summed E-state index contributed by atoms with van der Waals surface area (Å²) in [5.74, 6) is -0.305. The molecule has 0 radical (unpaired) electrons. The Hall–Kier alpha value is -4.09. The summed E-state index contributed by atoms with van der Waals surface area (Å²) < 4.78 is 27.0. The molecule has 1 fully saturated rings. The van der Waals surface area contributed by atoms with E-state index >= 15 is 0 Å². The third-order valence-electron chi connectivity index (χ3n) is 7.09. The van der Waals surface area contributed by atoms with Crippen molar-refractivity contribution >= 4 is 39.2 Å². The first-order chi connectivity index (χ1) is 19.8. The predicted molar refractivity (Wildman–Crippen MR) is 158 cm³/mol. The molecule has 0 bridgehead atoms. The summed E-state index contributed by atoms with van der Waals surface area (Å²) in [5.41, 5.74) is 4.50. The van der Waals surface area contributed by atoms with E-state index in [4.69, 9.17) is 9.47 Å². The Morgan fingerprint density at radius 2 is 1.83 bits per heavy atom. The maximum absolute atomic E-state index is 13.4. The molecular weight excluding hydrogens is 542 g/mol. The Balaban J connectivity index is 1.63. The van der Waals surface area contributed by atoms with Crippen LogP contribution in [0.1, 0.15) is 61.4 Å². The molecule has 0 aliphatic heterocycles. The van der Waals surface area contributed by atoms with E-state index in [1.807, 2.05) is 38.1 Å². The molecule has 0 amide bonds. The lowest BCUT2D eigenvalue weighted by Crippen LogP contribution is -2.25. The largest absolute Gasteiger partial charge is 0.480 e. The van der Waals surface area contributed by atoms with E-state index < -0.39 is 17.0 Å². The Kier molecular flexibility index (Phi) is 8.46. The van der Waals surface area contributed by atoms with Crippen molar-refractivity contribution in [2.45, 2.75) is 56.4 Å². The number of carbonyl (C=O) groups is 1. The Labute approximate surface area is 241 Å². The lowest BCUT2D eigenvalue weighted by atomic mass is 9.95. The lowest BCUT2D eigenvalue weighted by molar-refractivity contribution is 0.0696. The van der Waals surface area contributed by atoms with Crippen LogP contribution in [0.2, 0.25) is 0 Å². The number of nitrogens with one attached hydrogen (secondary N) is 2. The molecule has 5 rings (SSSR count). The number of carboxylic acid groups (broad SMARTS) is 1. The first-order valence-electron chi connectivity index (χ1n) is 13.5. The topological polar surface area (TPSA) is 136 Å². The molecule has 0 spiro atoms. The van der Waals surface area contributed by atoms with Crippen LogP contribution in [0.3, 0.4) is 0 Å². The van der Waals surface area contributed by atoms with E-state index in [1.54, 1.807) is 24.5 Å². The Morgan fingerprint density at radius 1 is 1.05 bits per heavy atom. The highest BCUT2D eigenvalue weighted by atomic mass is 32.2. The maximum Gasteiger partial charge on any atom is 0.335 e. The molecule has 3 N–H and O–H groups in total. The van der Waals surface area contributed by atoms with Gasteiger partial charge in [0.15, 0.2) is 0 Å². The number of pyridine rings is 1. The van der Waals surface area contributed by atoms with Crippen LogP contribution >= 0.6 is 0 Å². The van der Waals surface area contributed by atoms with Crippen LogP contribution in [-0.4, -0.2) is 50.5 Å². The van der Waals surface area contributed by atoms with Crippen molar-refractivity contribution in [1.82, 2.24) is 19.7 Å². The number of carboxylic acids is 1. The minimum atomic E-state index is -1.57. The van der Waals surface area contributed by atoms with Gasteiger partial charge in [0.2, 0.25) is 5.88 Å². The van der Waals surface area contributed by atoms with Crippen LogP contribution in [0.4, 0.5) is 11.4 Å². The van der Waals surface area contributed by atoms with Crippen LogP contribution in [0.15, 0.2) is 53.7 Å². The summed E-state index contributed by atoms with van der Waals surface area (Å²) in [5, 5.41) is 14.0. The van der Waals surface area contributed by atoms with Crippen LogP contribution < -0.4 is 19.5 Å². The van der Waals surface area contributed by atoms with E-state index in [1.165, 1.54) is 14.2 Å². The SMILES string of the molecule is COc1ncc(-c2ccc3c(Nc4cc(C(=O)O)cc(C5CCCC5)c4)c(S(=O)NC(C)C)cnc3c2)c(OC)n1. The summed E-state index contributed by atoms with van der Waals surface area (Å²) in [7, 11) is 1.44. The van der Waals surface area contributed by atoms with Crippen molar-refractivity contribution < 1.29 is 23.6 Å². The molecule has 2 aromatic carbocycles. The van der Waals surface area contributed by atoms with Gasteiger partial charge in [-0.1, -0.05) is 25.0 Å². The normalized spacial score (nSPS) is 14.4. The number of ether oxygens (including phenoxy) is 2. The van der Waals surface area contributed by atoms with E-state index in [-0.39, 0.29) is 17.6 Å². The van der Waals surface area contributed by atoms with Crippen molar-refractivity contribution in [1.29, 1.82) is 0 Å². The molecule has 1 aliphatic carbocycles. The second-order valence-corrected chi connectivity index (χ2v) is 11.5. The van der Waals surface area contributed by atoms with E-state index in [9.17, 15) is 14.1 Å². The number of hydrogen-bond donors (Lipinski definition) is 3. The molecule has 1 atom stereocenters. The number of benzene rings is 2. The number of nitrogens with zero attached hydrogens (tertiary/aromatic N) is 3. The first-order valence-corrected chi connectivity index (χ1v) is 14.6. The first kappa shape index (κ1) is 28.4. The smallest absolute Gasteiger partial charge is 0.335 e. The number of aromatic nitrogens is 3. The van der Waals surface area contributed by atoms with E-state index in [0.29, 0.717) is 39.1 Å². The van der Waals surface area contributed by atoms with Gasteiger partial charge in [-0.05, 0) is 68.0 Å². The number of rotatable bonds is 10. The lowest BCUT2D eigenvalue weighted by Gasteiger charge is -2.18. The van der Waals surface area contributed by atoms with Crippen molar-refractivity contribution in [2.75, 3.05) is 19.5 Å². The van der Waals surface area contributed by atoms with Gasteiger partial charge in [0.05, 0.1) is 41.4 Å². The Morgan fingerprint density at radius 3 is 2.51 bits per heavy atom. The number of aromatic carboxylic acids is 1. The summed E-state index contributed by atoms with van der Waals surface area (Å²) in [4.78, 5) is 25.6. The number of hydrogen-bond acceptors (Lipinski definition) is 8. The number of anilines is 2. The zero-order valence-electron chi connectivity index (χ0n) is 23.4. The Bertz CT molecular complexity index is 1620. The van der Waals surface area contributed by atoms with Crippen LogP contribution in [-0.2, 0) is 11.0 Å². The summed E-state index contributed by atoms with van der Waals surface area (Å²) in [6, 6.07) is 11.2. The van der Waals surface area contributed by atoms with Gasteiger partial charge in [0.25, 0.3) is 0 Å². The second kappa shape index (κ2) is 12.2. The van der Waals surface area contributed by atoms with Gasteiger partial charge in [-0.25, -0.2) is 18.7 Å². The van der Waals surface area contributed by atoms with E-state index in [2.05, 4.69) is 25.0 Å². The van der Waals surface area contributed by atoms with Crippen molar-refractivity contribution in [3.8, 4) is 23.0 Å². The van der Waals surface area contributed by atoms with Crippen molar-refractivity contribution in [3.63, 3.8) is 0 Å². The fourth-order valence-electron chi connectivity index (χ4n) is 5.18. The molecule has 11 heteroatoms. The average molecular weight is 576 g/mol. The van der Waals surface area contributed by atoms with Gasteiger partial charge in [0.1, 0.15) is 11.0 Å². The van der Waals surface area contributed by atoms with Gasteiger partial charge >= 0.3 is 12.0 Å². The fraction of sp³-hybridized carbons (Fsp3) is 0.333. The molecule has 10 nitrogen and oxygen atoms in total. The van der Waals surface area contributed by atoms with Crippen LogP contribution in [0.25, 0.3) is 22.0 Å². The van der Waals surface area contributed by atoms with Gasteiger partial charge < -0.3 is 19.9 Å². The standard InChI is InChI=1S/C30H33N5O5S/c1-17(2)35-41(38)26-16-31-25-14-19(24-15-32-30(40-4)34-28(24)39-3)9-10-23(25)27(26)33-22-12-20(18-7-5-6-8-18)11-21(13-22)29(36)37/h9-18,35H,5-8H2,1-4H3,(H,31,33)(H,36,37). The molecule has 214 valence electrons. The average Bonchev–Trinajstić information content (AvgIpc) is 3.51. The minimum absolute atomic E-state index is 0.0337. The second-order valence-electron chi connectivity index (χ2n) is 10.3. The van der Waals surface area contributed by atoms with Gasteiger partial charge in [-0.2, -0.15) is 4.98 Å². The molecular formula is C30H33N5O5S. The molecule has 2 heterocycles. The molecule has 1 unspecified atom stereocenters. The third kappa shape index (κ3) is 6.15. The van der Waals surface area contributed by atoms with Crippen molar-refractivity contribution in [3.05, 3.63) is 59.9 Å². The summed E-state index contributed by atoms with van der Waals surface area (Å²) >= 11 is 0. The highest BCUT2D eigenvalue weighted by Gasteiger charge is 2.22.